The molecule has 4 unspecified atom stereocenters. The van der Waals surface area contributed by atoms with Crippen LogP contribution in [0.4, 0.5) is 0 Å². The van der Waals surface area contributed by atoms with Gasteiger partial charge in [-0.3, -0.25) is 9.69 Å². The van der Waals surface area contributed by atoms with Crippen LogP contribution in [0.2, 0.25) is 0 Å². The van der Waals surface area contributed by atoms with Crippen LogP contribution in [0.5, 0.6) is 0 Å². The van der Waals surface area contributed by atoms with Crippen molar-refractivity contribution in [3.63, 3.8) is 0 Å². The van der Waals surface area contributed by atoms with Crippen LogP contribution in [-0.4, -0.2) is 61.9 Å². The van der Waals surface area contributed by atoms with Crippen LogP contribution in [-0.2, 0) is 14.3 Å². The second-order valence-electron chi connectivity index (χ2n) is 5.42. The molecule has 0 aromatic heterocycles. The summed E-state index contributed by atoms with van der Waals surface area (Å²) in [5.74, 6) is -0.393. The first-order chi connectivity index (χ1) is 8.50. The maximum Gasteiger partial charge on any atom is 0.237 e. The quantitative estimate of drug-likeness (QED) is 0.679. The lowest BCUT2D eigenvalue weighted by atomic mass is 9.98. The molecule has 0 spiro atoms. The lowest BCUT2D eigenvalue weighted by molar-refractivity contribution is -0.123. The molecule has 0 radical (unpaired) electrons. The third-order valence-corrected chi connectivity index (χ3v) is 4.38. The van der Waals surface area contributed by atoms with Crippen molar-refractivity contribution in [1.29, 1.82) is 0 Å². The van der Waals surface area contributed by atoms with E-state index in [1.807, 2.05) is 0 Å². The van der Waals surface area contributed by atoms with Gasteiger partial charge in [-0.2, -0.15) is 0 Å². The second-order valence-corrected chi connectivity index (χ2v) is 5.42. The van der Waals surface area contributed by atoms with E-state index in [9.17, 15) is 4.79 Å². The van der Waals surface area contributed by atoms with E-state index in [0.29, 0.717) is 18.9 Å². The number of hydrogen-bond acceptors (Lipinski definition) is 5. The number of amides is 1. The lowest BCUT2D eigenvalue weighted by Gasteiger charge is -2.25. The molecule has 18 heavy (non-hydrogen) atoms. The molecule has 1 amide bonds. The summed E-state index contributed by atoms with van der Waals surface area (Å²) in [7, 11) is 3.40. The zero-order valence-corrected chi connectivity index (χ0v) is 11.1. The molecule has 1 aliphatic carbocycles. The Morgan fingerprint density at radius 3 is 2.22 bits per heavy atom. The predicted octanol–water partition coefficient (Wildman–Crippen LogP) is -0.933. The molecule has 1 heterocycles. The largest absolute Gasteiger partial charge is 0.377 e. The fourth-order valence-electron chi connectivity index (χ4n) is 3.11. The SMILES string of the molecule is COC1CN(C2CCC(N)(C(N)=O)C2)CC1OC. The minimum absolute atomic E-state index is 0.0938. The molecule has 0 bridgehead atoms. The van der Waals surface area contributed by atoms with E-state index in [1.165, 1.54) is 0 Å². The molecule has 6 nitrogen and oxygen atoms in total. The van der Waals surface area contributed by atoms with Crippen LogP contribution in [0.1, 0.15) is 19.3 Å². The molecule has 1 aliphatic heterocycles. The molecular weight excluding hydrogens is 234 g/mol. The number of rotatable bonds is 4. The van der Waals surface area contributed by atoms with Crippen molar-refractivity contribution in [3.05, 3.63) is 0 Å². The molecule has 2 rings (SSSR count). The summed E-state index contributed by atoms with van der Waals surface area (Å²) in [6, 6.07) is 0.306. The molecule has 6 heteroatoms. The smallest absolute Gasteiger partial charge is 0.237 e. The predicted molar refractivity (Wildman–Crippen MR) is 66.9 cm³/mol. The number of likely N-dealkylation sites (tertiary alicyclic amines) is 1. The Morgan fingerprint density at radius 1 is 1.28 bits per heavy atom. The second kappa shape index (κ2) is 5.13. The number of hydrogen-bond donors (Lipinski definition) is 2. The van der Waals surface area contributed by atoms with Crippen molar-refractivity contribution >= 4 is 5.91 Å². The van der Waals surface area contributed by atoms with Gasteiger partial charge in [0.2, 0.25) is 5.91 Å². The topological polar surface area (TPSA) is 90.8 Å². The number of carbonyl (C=O) groups excluding carboxylic acids is 1. The van der Waals surface area contributed by atoms with E-state index >= 15 is 0 Å². The number of nitrogens with zero attached hydrogens (tertiary/aromatic N) is 1. The van der Waals surface area contributed by atoms with Gasteiger partial charge < -0.3 is 20.9 Å². The number of nitrogens with two attached hydrogens (primary N) is 2. The Hall–Kier alpha value is -0.690. The zero-order chi connectivity index (χ0) is 13.3. The van der Waals surface area contributed by atoms with Crippen molar-refractivity contribution < 1.29 is 14.3 Å². The van der Waals surface area contributed by atoms with E-state index < -0.39 is 11.4 Å². The highest BCUT2D eigenvalue weighted by Crippen LogP contribution is 2.33. The van der Waals surface area contributed by atoms with Crippen molar-refractivity contribution in [1.82, 2.24) is 4.90 Å². The summed E-state index contributed by atoms with van der Waals surface area (Å²) in [6.07, 6.45) is 2.40. The number of methoxy groups -OCH3 is 2. The van der Waals surface area contributed by atoms with Gasteiger partial charge in [0, 0.05) is 33.4 Å². The highest BCUT2D eigenvalue weighted by atomic mass is 16.5. The molecule has 0 aromatic rings. The Morgan fingerprint density at radius 2 is 1.83 bits per heavy atom. The van der Waals surface area contributed by atoms with E-state index in [4.69, 9.17) is 20.9 Å². The van der Waals surface area contributed by atoms with Crippen LogP contribution >= 0.6 is 0 Å². The van der Waals surface area contributed by atoms with E-state index in [1.54, 1.807) is 14.2 Å². The van der Waals surface area contributed by atoms with Gasteiger partial charge in [-0.15, -0.1) is 0 Å². The third kappa shape index (κ3) is 2.38. The van der Waals surface area contributed by atoms with Crippen LogP contribution in [0.15, 0.2) is 0 Å². The first-order valence-corrected chi connectivity index (χ1v) is 6.38. The summed E-state index contributed by atoms with van der Waals surface area (Å²) >= 11 is 0. The number of primary amides is 1. The highest BCUT2D eigenvalue weighted by molar-refractivity contribution is 5.84. The average Bonchev–Trinajstić information content (AvgIpc) is 2.92. The zero-order valence-electron chi connectivity index (χ0n) is 11.1. The van der Waals surface area contributed by atoms with Crippen molar-refractivity contribution in [2.45, 2.75) is 43.1 Å². The maximum absolute atomic E-state index is 11.4. The van der Waals surface area contributed by atoms with Gasteiger partial charge in [-0.05, 0) is 19.3 Å². The van der Waals surface area contributed by atoms with Gasteiger partial charge in [-0.1, -0.05) is 0 Å². The molecule has 2 fully saturated rings. The van der Waals surface area contributed by atoms with E-state index in [-0.39, 0.29) is 12.2 Å². The van der Waals surface area contributed by atoms with Crippen LogP contribution in [0.25, 0.3) is 0 Å². The third-order valence-electron chi connectivity index (χ3n) is 4.38. The summed E-state index contributed by atoms with van der Waals surface area (Å²) in [4.78, 5) is 13.7. The van der Waals surface area contributed by atoms with Gasteiger partial charge in [0.15, 0.2) is 0 Å². The average molecular weight is 257 g/mol. The molecule has 0 aromatic carbocycles. The summed E-state index contributed by atoms with van der Waals surface area (Å²) in [5, 5.41) is 0. The molecule has 2 aliphatic rings. The van der Waals surface area contributed by atoms with Gasteiger partial charge >= 0.3 is 0 Å². The van der Waals surface area contributed by atoms with Gasteiger partial charge in [0.25, 0.3) is 0 Å². The van der Waals surface area contributed by atoms with Crippen LogP contribution in [0, 0.1) is 0 Å². The number of ether oxygens (including phenoxy) is 2. The fourth-order valence-corrected chi connectivity index (χ4v) is 3.11. The molecule has 1 saturated carbocycles. The van der Waals surface area contributed by atoms with Crippen LogP contribution in [0.3, 0.4) is 0 Å². The van der Waals surface area contributed by atoms with Gasteiger partial charge in [-0.25, -0.2) is 0 Å². The first-order valence-electron chi connectivity index (χ1n) is 6.38. The fraction of sp³-hybridized carbons (Fsp3) is 0.917. The van der Waals surface area contributed by atoms with E-state index in [2.05, 4.69) is 4.90 Å². The van der Waals surface area contributed by atoms with Crippen LogP contribution < -0.4 is 11.5 Å². The minimum atomic E-state index is -0.835. The number of carbonyl (C=O) groups is 1. The minimum Gasteiger partial charge on any atom is -0.377 e. The van der Waals surface area contributed by atoms with Gasteiger partial charge in [0.1, 0.15) is 0 Å². The van der Waals surface area contributed by atoms with Crippen molar-refractivity contribution in [3.8, 4) is 0 Å². The van der Waals surface area contributed by atoms with Gasteiger partial charge in [0.05, 0.1) is 17.7 Å². The Bertz CT molecular complexity index is 314. The molecule has 4 N–H and O–H groups in total. The Labute approximate surface area is 108 Å². The monoisotopic (exact) mass is 257 g/mol. The Kier molecular flexibility index (Phi) is 3.91. The summed E-state index contributed by atoms with van der Waals surface area (Å²) in [6.45, 7) is 1.66. The lowest BCUT2D eigenvalue weighted by Crippen LogP contribution is -2.51. The summed E-state index contributed by atoms with van der Waals surface area (Å²) < 4.78 is 10.8. The molecular formula is C12H23N3O3. The standard InChI is InChI=1S/C12H23N3O3/c1-17-9-6-15(7-10(9)18-2)8-3-4-12(14,5-8)11(13)16/h8-10H,3-7,14H2,1-2H3,(H2,13,16). The van der Waals surface area contributed by atoms with E-state index in [0.717, 1.165) is 19.5 Å². The highest BCUT2D eigenvalue weighted by Gasteiger charge is 2.45. The molecule has 1 saturated heterocycles. The van der Waals surface area contributed by atoms with Crippen molar-refractivity contribution in [2.75, 3.05) is 27.3 Å². The Balaban J connectivity index is 1.97. The maximum atomic E-state index is 11.4. The molecule has 104 valence electrons. The van der Waals surface area contributed by atoms with Crippen molar-refractivity contribution in [2.24, 2.45) is 11.5 Å². The first kappa shape index (κ1) is 13.7. The normalized spacial score (nSPS) is 41.4. The summed E-state index contributed by atoms with van der Waals surface area (Å²) in [5.41, 5.74) is 10.6. The molecule has 4 atom stereocenters.